The zero-order valence-electron chi connectivity index (χ0n) is 12.9. The molecule has 1 aliphatic rings. The minimum atomic E-state index is -0.463. The molecule has 24 heavy (non-hydrogen) atoms. The Kier molecular flexibility index (Phi) is 4.86. The molecule has 0 bridgehead atoms. The number of carbonyl (C=O) groups excluding carboxylic acids is 2. The van der Waals surface area contributed by atoms with Crippen LogP contribution >= 0.6 is 0 Å². The SMILES string of the molecule is O=C(Nc1ccc(NC(=O)[C@H]2CCCO2)cc1)c1cccc(F)c1. The standard InChI is InChI=1S/C18H17FN2O3/c19-13-4-1-3-12(11-13)17(22)20-14-6-8-15(9-7-14)21-18(23)16-5-2-10-24-16/h1,3-4,6-9,11,16H,2,5,10H2,(H,20,22)(H,21,23)/t16-/m1/s1. The zero-order valence-corrected chi connectivity index (χ0v) is 12.9. The molecule has 0 aromatic heterocycles. The summed E-state index contributed by atoms with van der Waals surface area (Å²) in [7, 11) is 0. The topological polar surface area (TPSA) is 67.4 Å². The fraction of sp³-hybridized carbons (Fsp3) is 0.222. The monoisotopic (exact) mass is 328 g/mol. The lowest BCUT2D eigenvalue weighted by Gasteiger charge is -2.11. The van der Waals surface area contributed by atoms with Crippen LogP contribution in [-0.4, -0.2) is 24.5 Å². The average Bonchev–Trinajstić information content (AvgIpc) is 3.11. The first-order valence-corrected chi connectivity index (χ1v) is 7.71. The average molecular weight is 328 g/mol. The van der Waals surface area contributed by atoms with Gasteiger partial charge in [-0.2, -0.15) is 0 Å². The van der Waals surface area contributed by atoms with Gasteiger partial charge in [-0.15, -0.1) is 0 Å². The number of benzene rings is 2. The van der Waals surface area contributed by atoms with Crippen LogP contribution in [0.2, 0.25) is 0 Å². The first kappa shape index (κ1) is 16.1. The summed E-state index contributed by atoms with van der Waals surface area (Å²) < 4.78 is 18.5. The number of carbonyl (C=O) groups is 2. The summed E-state index contributed by atoms with van der Waals surface area (Å²) in [5.41, 5.74) is 1.42. The van der Waals surface area contributed by atoms with E-state index in [1.54, 1.807) is 24.3 Å². The molecule has 2 aromatic carbocycles. The highest BCUT2D eigenvalue weighted by Crippen LogP contribution is 2.18. The summed E-state index contributed by atoms with van der Waals surface area (Å²) in [4.78, 5) is 24.0. The van der Waals surface area contributed by atoms with Crippen molar-refractivity contribution in [1.82, 2.24) is 0 Å². The molecule has 0 radical (unpaired) electrons. The summed E-state index contributed by atoms with van der Waals surface area (Å²) in [6.45, 7) is 0.614. The van der Waals surface area contributed by atoms with E-state index in [0.717, 1.165) is 12.8 Å². The van der Waals surface area contributed by atoms with Crippen LogP contribution in [0.4, 0.5) is 15.8 Å². The van der Waals surface area contributed by atoms with Crippen LogP contribution in [0.25, 0.3) is 0 Å². The van der Waals surface area contributed by atoms with Crippen molar-refractivity contribution in [3.05, 3.63) is 59.9 Å². The second-order valence-electron chi connectivity index (χ2n) is 5.53. The molecule has 2 aromatic rings. The molecule has 2 amide bonds. The molecule has 0 unspecified atom stereocenters. The third-order valence-electron chi connectivity index (χ3n) is 3.72. The van der Waals surface area contributed by atoms with Crippen molar-refractivity contribution in [2.45, 2.75) is 18.9 Å². The van der Waals surface area contributed by atoms with Crippen molar-refractivity contribution in [3.8, 4) is 0 Å². The minimum Gasteiger partial charge on any atom is -0.368 e. The van der Waals surface area contributed by atoms with Crippen molar-refractivity contribution in [2.24, 2.45) is 0 Å². The van der Waals surface area contributed by atoms with Gasteiger partial charge in [0.15, 0.2) is 0 Å². The highest BCUT2D eigenvalue weighted by atomic mass is 19.1. The van der Waals surface area contributed by atoms with Crippen LogP contribution in [0.1, 0.15) is 23.2 Å². The Hall–Kier alpha value is -2.73. The van der Waals surface area contributed by atoms with Crippen LogP contribution in [-0.2, 0) is 9.53 Å². The van der Waals surface area contributed by atoms with E-state index >= 15 is 0 Å². The molecule has 1 saturated heterocycles. The summed E-state index contributed by atoms with van der Waals surface area (Å²) in [6.07, 6.45) is 1.23. The largest absolute Gasteiger partial charge is 0.368 e. The summed E-state index contributed by atoms with van der Waals surface area (Å²) in [5, 5.41) is 5.46. The van der Waals surface area contributed by atoms with Gasteiger partial charge in [-0.1, -0.05) is 6.07 Å². The molecule has 1 heterocycles. The Morgan fingerprint density at radius 1 is 1.04 bits per heavy atom. The molecule has 2 N–H and O–H groups in total. The van der Waals surface area contributed by atoms with E-state index in [4.69, 9.17) is 4.74 Å². The molecule has 5 nitrogen and oxygen atoms in total. The summed E-state index contributed by atoms with van der Waals surface area (Å²) in [5.74, 6) is -1.02. The minimum absolute atomic E-state index is 0.163. The van der Waals surface area contributed by atoms with Gasteiger partial charge in [0.05, 0.1) is 0 Å². The van der Waals surface area contributed by atoms with Crippen LogP contribution in [0.15, 0.2) is 48.5 Å². The van der Waals surface area contributed by atoms with E-state index in [-0.39, 0.29) is 11.5 Å². The molecule has 0 saturated carbocycles. The van der Waals surface area contributed by atoms with E-state index < -0.39 is 17.8 Å². The van der Waals surface area contributed by atoms with Crippen molar-refractivity contribution in [3.63, 3.8) is 0 Å². The maximum Gasteiger partial charge on any atom is 0.255 e. The highest BCUT2D eigenvalue weighted by molar-refractivity contribution is 6.04. The summed E-state index contributed by atoms with van der Waals surface area (Å²) in [6, 6.07) is 12.2. The number of hydrogen-bond acceptors (Lipinski definition) is 3. The Bertz CT molecular complexity index is 740. The van der Waals surface area contributed by atoms with Crippen molar-refractivity contribution in [1.29, 1.82) is 0 Å². The third kappa shape index (κ3) is 3.97. The van der Waals surface area contributed by atoms with Gasteiger partial charge in [-0.25, -0.2) is 4.39 Å². The van der Waals surface area contributed by atoms with Crippen LogP contribution < -0.4 is 10.6 Å². The molecule has 1 fully saturated rings. The fourth-order valence-electron chi connectivity index (χ4n) is 2.48. The lowest BCUT2D eigenvalue weighted by atomic mass is 10.2. The quantitative estimate of drug-likeness (QED) is 0.906. The molecule has 6 heteroatoms. The maximum atomic E-state index is 13.1. The molecule has 124 valence electrons. The van der Waals surface area contributed by atoms with Crippen molar-refractivity contribution >= 4 is 23.2 Å². The number of hydrogen-bond donors (Lipinski definition) is 2. The molecule has 3 rings (SSSR count). The smallest absolute Gasteiger partial charge is 0.255 e. The van der Waals surface area contributed by atoms with E-state index in [9.17, 15) is 14.0 Å². The third-order valence-corrected chi connectivity index (χ3v) is 3.72. The Morgan fingerprint density at radius 2 is 1.75 bits per heavy atom. The molecular weight excluding hydrogens is 311 g/mol. The summed E-state index contributed by atoms with van der Waals surface area (Å²) >= 11 is 0. The number of rotatable bonds is 4. The van der Waals surface area contributed by atoms with Crippen molar-refractivity contribution < 1.29 is 18.7 Å². The van der Waals surface area contributed by atoms with Crippen LogP contribution in [0, 0.1) is 5.82 Å². The van der Waals surface area contributed by atoms with Gasteiger partial charge in [-0.3, -0.25) is 9.59 Å². The van der Waals surface area contributed by atoms with Gasteiger partial charge in [0, 0.05) is 23.5 Å². The Labute approximate surface area is 138 Å². The lowest BCUT2D eigenvalue weighted by Crippen LogP contribution is -2.26. The lowest BCUT2D eigenvalue weighted by molar-refractivity contribution is -0.124. The molecule has 1 aliphatic heterocycles. The predicted molar refractivity (Wildman–Crippen MR) is 88.4 cm³/mol. The number of amides is 2. The number of halogens is 1. The molecule has 1 atom stereocenters. The molecule has 0 spiro atoms. The molecule has 0 aliphatic carbocycles. The van der Waals surface area contributed by atoms with Gasteiger partial charge in [-0.05, 0) is 55.3 Å². The zero-order chi connectivity index (χ0) is 16.9. The van der Waals surface area contributed by atoms with Gasteiger partial charge in [0.1, 0.15) is 11.9 Å². The van der Waals surface area contributed by atoms with Gasteiger partial charge < -0.3 is 15.4 Å². The molecular formula is C18H17FN2O3. The highest BCUT2D eigenvalue weighted by Gasteiger charge is 2.23. The van der Waals surface area contributed by atoms with E-state index in [2.05, 4.69) is 10.6 Å². The predicted octanol–water partition coefficient (Wildman–Crippen LogP) is 3.20. The number of nitrogens with one attached hydrogen (secondary N) is 2. The number of anilines is 2. The van der Waals surface area contributed by atoms with E-state index in [1.807, 2.05) is 0 Å². The number of ether oxygens (including phenoxy) is 1. The normalized spacial score (nSPS) is 16.6. The first-order chi connectivity index (χ1) is 11.6. The van der Waals surface area contributed by atoms with Gasteiger partial charge in [0.25, 0.3) is 11.8 Å². The Balaban J connectivity index is 1.60. The van der Waals surface area contributed by atoms with E-state index in [1.165, 1.54) is 24.3 Å². The van der Waals surface area contributed by atoms with Crippen molar-refractivity contribution in [2.75, 3.05) is 17.2 Å². The Morgan fingerprint density at radius 3 is 2.38 bits per heavy atom. The second kappa shape index (κ2) is 7.23. The van der Waals surface area contributed by atoms with Crippen LogP contribution in [0.3, 0.4) is 0 Å². The van der Waals surface area contributed by atoms with Gasteiger partial charge >= 0.3 is 0 Å². The van der Waals surface area contributed by atoms with Gasteiger partial charge in [0.2, 0.25) is 0 Å². The van der Waals surface area contributed by atoms with Crippen LogP contribution in [0.5, 0.6) is 0 Å². The fourth-order valence-corrected chi connectivity index (χ4v) is 2.48. The second-order valence-corrected chi connectivity index (χ2v) is 5.53. The van der Waals surface area contributed by atoms with E-state index in [0.29, 0.717) is 18.0 Å². The maximum absolute atomic E-state index is 13.1. The first-order valence-electron chi connectivity index (χ1n) is 7.71.